The zero-order valence-electron chi connectivity index (χ0n) is 6.84. The predicted octanol–water partition coefficient (Wildman–Crippen LogP) is 0.860. The average Bonchev–Trinajstić information content (AvgIpc) is 2.60. The first-order valence-corrected chi connectivity index (χ1v) is 4.50. The first-order valence-electron chi connectivity index (χ1n) is 4.50. The van der Waals surface area contributed by atoms with Crippen LogP contribution in [0.2, 0.25) is 0 Å². The van der Waals surface area contributed by atoms with Crippen molar-refractivity contribution in [3.63, 3.8) is 0 Å². The van der Waals surface area contributed by atoms with Crippen LogP contribution in [0.5, 0.6) is 0 Å². The largest absolute Gasteiger partial charge is 0.390 e. The van der Waals surface area contributed by atoms with Crippen molar-refractivity contribution >= 4 is 0 Å². The molecule has 2 nitrogen and oxygen atoms in total. The first-order chi connectivity index (χ1) is 5.40. The molecule has 1 saturated heterocycles. The van der Waals surface area contributed by atoms with Crippen molar-refractivity contribution in [1.29, 1.82) is 0 Å². The summed E-state index contributed by atoms with van der Waals surface area (Å²) in [6, 6.07) is 1.54. The van der Waals surface area contributed by atoms with Gasteiger partial charge >= 0.3 is 0 Å². The number of piperidine rings is 1. The predicted molar refractivity (Wildman–Crippen MR) is 46.3 cm³/mol. The molecule has 0 aromatic heterocycles. The van der Waals surface area contributed by atoms with E-state index in [0.717, 1.165) is 18.5 Å². The molecule has 11 heavy (non-hydrogen) atoms. The van der Waals surface area contributed by atoms with E-state index in [1.165, 1.54) is 19.3 Å². The number of rotatable bonds is 3. The minimum Gasteiger partial charge on any atom is -0.390 e. The standard InChI is InChI=1S/C9H16N2/c1-2-10-6-9-7-3-4-8(5-7)11-9/h2,7-11H,1,3-6H2/t7-,8+,9+/m1/s1. The molecule has 1 saturated carbocycles. The van der Waals surface area contributed by atoms with Gasteiger partial charge in [0, 0.05) is 18.6 Å². The van der Waals surface area contributed by atoms with Crippen LogP contribution in [0, 0.1) is 5.92 Å². The molecule has 1 aliphatic carbocycles. The molecule has 2 N–H and O–H groups in total. The molecule has 1 heterocycles. The van der Waals surface area contributed by atoms with Crippen molar-refractivity contribution in [2.24, 2.45) is 5.92 Å². The molecule has 62 valence electrons. The third-order valence-corrected chi connectivity index (χ3v) is 2.97. The second-order valence-corrected chi connectivity index (χ2v) is 3.66. The van der Waals surface area contributed by atoms with Crippen LogP contribution in [-0.4, -0.2) is 18.6 Å². The maximum atomic E-state index is 3.64. The van der Waals surface area contributed by atoms with Crippen molar-refractivity contribution < 1.29 is 0 Å². The topological polar surface area (TPSA) is 24.1 Å². The normalized spacial score (nSPS) is 40.9. The van der Waals surface area contributed by atoms with Crippen molar-refractivity contribution in [3.05, 3.63) is 12.8 Å². The number of fused-ring (bicyclic) bond motifs is 2. The van der Waals surface area contributed by atoms with E-state index < -0.39 is 0 Å². The summed E-state index contributed by atoms with van der Waals surface area (Å²) in [6.45, 7) is 4.71. The van der Waals surface area contributed by atoms with Crippen LogP contribution in [-0.2, 0) is 0 Å². The van der Waals surface area contributed by atoms with Crippen LogP contribution in [0.15, 0.2) is 12.8 Å². The van der Waals surface area contributed by atoms with Gasteiger partial charge in [0.1, 0.15) is 0 Å². The van der Waals surface area contributed by atoms with Gasteiger partial charge in [0.25, 0.3) is 0 Å². The summed E-state index contributed by atoms with van der Waals surface area (Å²) < 4.78 is 0. The van der Waals surface area contributed by atoms with Crippen LogP contribution in [0.4, 0.5) is 0 Å². The highest BCUT2D eigenvalue weighted by Crippen LogP contribution is 2.34. The van der Waals surface area contributed by atoms with E-state index in [2.05, 4.69) is 17.2 Å². The zero-order valence-corrected chi connectivity index (χ0v) is 6.84. The quantitative estimate of drug-likeness (QED) is 0.627. The molecule has 2 bridgehead atoms. The van der Waals surface area contributed by atoms with Crippen LogP contribution in [0.1, 0.15) is 19.3 Å². The van der Waals surface area contributed by atoms with Crippen molar-refractivity contribution in [2.45, 2.75) is 31.3 Å². The molecule has 0 spiro atoms. The summed E-state index contributed by atoms with van der Waals surface area (Å²) in [5.41, 5.74) is 0. The van der Waals surface area contributed by atoms with Gasteiger partial charge in [0.05, 0.1) is 0 Å². The Labute approximate surface area is 68.1 Å². The lowest BCUT2D eigenvalue weighted by atomic mass is 10.0. The third-order valence-electron chi connectivity index (χ3n) is 2.97. The Hall–Kier alpha value is -0.500. The highest BCUT2D eigenvalue weighted by molar-refractivity contribution is 4.98. The molecular weight excluding hydrogens is 136 g/mol. The Morgan fingerprint density at radius 1 is 1.55 bits per heavy atom. The van der Waals surface area contributed by atoms with Gasteiger partial charge < -0.3 is 10.6 Å². The van der Waals surface area contributed by atoms with Gasteiger partial charge in [-0.15, -0.1) is 0 Å². The Balaban J connectivity index is 1.83. The fourth-order valence-electron chi connectivity index (χ4n) is 2.41. The lowest BCUT2D eigenvalue weighted by Crippen LogP contribution is -2.41. The molecule has 0 aromatic rings. The number of hydrogen-bond donors (Lipinski definition) is 2. The van der Waals surface area contributed by atoms with Crippen molar-refractivity contribution in [3.8, 4) is 0 Å². The van der Waals surface area contributed by atoms with E-state index in [1.54, 1.807) is 6.20 Å². The highest BCUT2D eigenvalue weighted by Gasteiger charge is 2.38. The second kappa shape index (κ2) is 2.86. The van der Waals surface area contributed by atoms with Crippen LogP contribution in [0.25, 0.3) is 0 Å². The number of hydrogen-bond acceptors (Lipinski definition) is 2. The maximum Gasteiger partial charge on any atom is 0.0298 e. The van der Waals surface area contributed by atoms with E-state index in [0.29, 0.717) is 6.04 Å². The second-order valence-electron chi connectivity index (χ2n) is 3.66. The smallest absolute Gasteiger partial charge is 0.0298 e. The molecule has 0 unspecified atom stereocenters. The molecule has 0 amide bonds. The van der Waals surface area contributed by atoms with E-state index in [4.69, 9.17) is 0 Å². The SMILES string of the molecule is C=CNC[C@@H]1N[C@H]2CC[C@@H]1C2. The average molecular weight is 152 g/mol. The minimum atomic E-state index is 0.715. The van der Waals surface area contributed by atoms with Crippen molar-refractivity contribution in [2.75, 3.05) is 6.54 Å². The van der Waals surface area contributed by atoms with Gasteiger partial charge in [-0.05, 0) is 31.4 Å². The third kappa shape index (κ3) is 1.27. The Bertz CT molecular complexity index is 156. The zero-order chi connectivity index (χ0) is 7.68. The first kappa shape index (κ1) is 7.17. The highest BCUT2D eigenvalue weighted by atomic mass is 15.1. The molecule has 2 fully saturated rings. The van der Waals surface area contributed by atoms with Crippen LogP contribution >= 0.6 is 0 Å². The van der Waals surface area contributed by atoms with Gasteiger partial charge in [-0.1, -0.05) is 6.58 Å². The summed E-state index contributed by atoms with van der Waals surface area (Å²) in [6.07, 6.45) is 6.02. The molecule has 0 aromatic carbocycles. The summed E-state index contributed by atoms with van der Waals surface area (Å²) in [4.78, 5) is 0. The van der Waals surface area contributed by atoms with E-state index in [9.17, 15) is 0 Å². The Kier molecular flexibility index (Phi) is 1.86. The summed E-state index contributed by atoms with van der Waals surface area (Å²) in [5.74, 6) is 0.937. The fraction of sp³-hybridized carbons (Fsp3) is 0.778. The monoisotopic (exact) mass is 152 g/mol. The van der Waals surface area contributed by atoms with Gasteiger partial charge in [-0.3, -0.25) is 0 Å². The van der Waals surface area contributed by atoms with Crippen molar-refractivity contribution in [1.82, 2.24) is 10.6 Å². The molecule has 1 aliphatic heterocycles. The van der Waals surface area contributed by atoms with E-state index >= 15 is 0 Å². The van der Waals surface area contributed by atoms with Gasteiger partial charge in [-0.25, -0.2) is 0 Å². The van der Waals surface area contributed by atoms with Crippen LogP contribution in [0.3, 0.4) is 0 Å². The number of nitrogens with one attached hydrogen (secondary N) is 2. The summed E-state index contributed by atoms with van der Waals surface area (Å²) in [5, 5.41) is 6.79. The molecule has 2 aliphatic rings. The Morgan fingerprint density at radius 2 is 2.45 bits per heavy atom. The minimum absolute atomic E-state index is 0.715. The van der Waals surface area contributed by atoms with Gasteiger partial charge in [0.15, 0.2) is 0 Å². The molecule has 0 radical (unpaired) electrons. The summed E-state index contributed by atoms with van der Waals surface area (Å²) >= 11 is 0. The van der Waals surface area contributed by atoms with Gasteiger partial charge in [-0.2, -0.15) is 0 Å². The molecule has 2 heteroatoms. The molecular formula is C9H16N2. The maximum absolute atomic E-state index is 3.64. The molecule has 2 rings (SSSR count). The van der Waals surface area contributed by atoms with Crippen LogP contribution < -0.4 is 10.6 Å². The van der Waals surface area contributed by atoms with Gasteiger partial charge in [0.2, 0.25) is 0 Å². The summed E-state index contributed by atoms with van der Waals surface area (Å²) in [7, 11) is 0. The lowest BCUT2D eigenvalue weighted by Gasteiger charge is -2.22. The molecule has 3 atom stereocenters. The van der Waals surface area contributed by atoms with E-state index in [-0.39, 0.29) is 0 Å². The Morgan fingerprint density at radius 3 is 3.00 bits per heavy atom. The lowest BCUT2D eigenvalue weighted by molar-refractivity contribution is 0.376. The van der Waals surface area contributed by atoms with E-state index in [1.807, 2.05) is 0 Å². The fourth-order valence-corrected chi connectivity index (χ4v) is 2.41.